The third kappa shape index (κ3) is 3.58. The van der Waals surface area contributed by atoms with E-state index in [-0.39, 0.29) is 5.91 Å². The molecule has 0 aliphatic carbocycles. The third-order valence-corrected chi connectivity index (χ3v) is 3.16. The maximum Gasteiger partial charge on any atom is 0.251 e. The topological polar surface area (TPSA) is 48.1 Å². The summed E-state index contributed by atoms with van der Waals surface area (Å²) in [6.45, 7) is 1.79. The van der Waals surface area contributed by atoms with Gasteiger partial charge in [0.2, 0.25) is 0 Å². The molecule has 102 valence electrons. The quantitative estimate of drug-likeness (QED) is 0.782. The normalized spacial score (nSPS) is 11.1. The third-order valence-electron chi connectivity index (χ3n) is 3.16. The number of nitrogens with zero attached hydrogens (tertiary/aromatic N) is 1. The second-order valence-electron chi connectivity index (χ2n) is 5.01. The molecule has 0 saturated heterocycles. The van der Waals surface area contributed by atoms with Gasteiger partial charge in [-0.1, -0.05) is 6.07 Å². The zero-order chi connectivity index (χ0) is 13.7. The fourth-order valence-electron chi connectivity index (χ4n) is 2.13. The lowest BCUT2D eigenvalue weighted by atomic mass is 10.1. The van der Waals surface area contributed by atoms with Gasteiger partial charge in [0.1, 0.15) is 0 Å². The standard InChI is InChI=1S/C15H21N3O/c1-18(2)11-4-3-9-17-15(19)13-6-5-7-14-12(13)8-10-16-14/h5-8,10,16H,3-4,9,11H2,1-2H3,(H,17,19). The van der Waals surface area contributed by atoms with Gasteiger partial charge >= 0.3 is 0 Å². The molecule has 4 nitrogen and oxygen atoms in total. The van der Waals surface area contributed by atoms with Crippen LogP contribution in [0.5, 0.6) is 0 Å². The molecule has 2 rings (SSSR count). The predicted molar refractivity (Wildman–Crippen MR) is 78.4 cm³/mol. The van der Waals surface area contributed by atoms with E-state index >= 15 is 0 Å². The van der Waals surface area contributed by atoms with Crippen molar-refractivity contribution in [3.63, 3.8) is 0 Å². The SMILES string of the molecule is CN(C)CCCCNC(=O)c1cccc2[nH]ccc12. The van der Waals surface area contributed by atoms with Crippen molar-refractivity contribution in [2.45, 2.75) is 12.8 Å². The van der Waals surface area contributed by atoms with Crippen LogP contribution in [0.4, 0.5) is 0 Å². The van der Waals surface area contributed by atoms with Crippen molar-refractivity contribution in [1.29, 1.82) is 0 Å². The molecule has 0 spiro atoms. The Hall–Kier alpha value is -1.81. The Kier molecular flexibility index (Phi) is 4.58. The molecule has 19 heavy (non-hydrogen) atoms. The van der Waals surface area contributed by atoms with E-state index in [9.17, 15) is 4.79 Å². The van der Waals surface area contributed by atoms with Gasteiger partial charge in [0, 0.05) is 29.2 Å². The Labute approximate surface area is 113 Å². The fraction of sp³-hybridized carbons (Fsp3) is 0.400. The molecule has 1 aromatic heterocycles. The highest BCUT2D eigenvalue weighted by Crippen LogP contribution is 2.17. The molecule has 0 aliphatic rings. The van der Waals surface area contributed by atoms with Gasteiger partial charge in [0.05, 0.1) is 0 Å². The highest BCUT2D eigenvalue weighted by molar-refractivity contribution is 6.06. The van der Waals surface area contributed by atoms with E-state index in [4.69, 9.17) is 0 Å². The van der Waals surface area contributed by atoms with Gasteiger partial charge in [-0.3, -0.25) is 4.79 Å². The first-order valence-corrected chi connectivity index (χ1v) is 6.67. The number of nitrogens with one attached hydrogen (secondary N) is 2. The van der Waals surface area contributed by atoms with Crippen LogP contribution >= 0.6 is 0 Å². The number of carbonyl (C=O) groups excluding carboxylic acids is 1. The monoisotopic (exact) mass is 259 g/mol. The van der Waals surface area contributed by atoms with Crippen molar-refractivity contribution in [3.8, 4) is 0 Å². The second-order valence-corrected chi connectivity index (χ2v) is 5.01. The van der Waals surface area contributed by atoms with Crippen LogP contribution in [-0.2, 0) is 0 Å². The molecular weight excluding hydrogens is 238 g/mol. The molecule has 0 radical (unpaired) electrons. The van der Waals surface area contributed by atoms with E-state index in [0.29, 0.717) is 0 Å². The van der Waals surface area contributed by atoms with Gasteiger partial charge < -0.3 is 15.2 Å². The molecular formula is C15H21N3O. The molecule has 0 bridgehead atoms. The van der Waals surface area contributed by atoms with Crippen LogP contribution < -0.4 is 5.32 Å². The minimum Gasteiger partial charge on any atom is -0.361 e. The van der Waals surface area contributed by atoms with Crippen molar-refractivity contribution in [1.82, 2.24) is 15.2 Å². The first-order valence-electron chi connectivity index (χ1n) is 6.67. The van der Waals surface area contributed by atoms with E-state index in [1.807, 2.05) is 30.5 Å². The van der Waals surface area contributed by atoms with E-state index < -0.39 is 0 Å². The average Bonchev–Trinajstić information content (AvgIpc) is 2.85. The summed E-state index contributed by atoms with van der Waals surface area (Å²) in [5.74, 6) is 0.00931. The van der Waals surface area contributed by atoms with Crippen LogP contribution in [0.2, 0.25) is 0 Å². The number of carbonyl (C=O) groups is 1. The molecule has 1 heterocycles. The van der Waals surface area contributed by atoms with Crippen LogP contribution in [0.25, 0.3) is 10.9 Å². The largest absolute Gasteiger partial charge is 0.361 e. The summed E-state index contributed by atoms with van der Waals surface area (Å²) >= 11 is 0. The molecule has 1 amide bonds. The number of aromatic amines is 1. The molecule has 2 N–H and O–H groups in total. The number of fused-ring (bicyclic) bond motifs is 1. The van der Waals surface area contributed by atoms with Crippen molar-refractivity contribution in [2.75, 3.05) is 27.2 Å². The van der Waals surface area contributed by atoms with E-state index in [1.54, 1.807) is 0 Å². The molecule has 0 atom stereocenters. The number of amides is 1. The second kappa shape index (κ2) is 6.38. The van der Waals surface area contributed by atoms with Crippen molar-refractivity contribution >= 4 is 16.8 Å². The van der Waals surface area contributed by atoms with Crippen LogP contribution in [0.3, 0.4) is 0 Å². The van der Waals surface area contributed by atoms with Crippen molar-refractivity contribution in [3.05, 3.63) is 36.0 Å². The van der Waals surface area contributed by atoms with E-state index in [2.05, 4.69) is 29.3 Å². The fourth-order valence-corrected chi connectivity index (χ4v) is 2.13. The van der Waals surface area contributed by atoms with Gasteiger partial charge in [0.25, 0.3) is 5.91 Å². The van der Waals surface area contributed by atoms with Gasteiger partial charge in [-0.25, -0.2) is 0 Å². The summed E-state index contributed by atoms with van der Waals surface area (Å²) in [5.41, 5.74) is 1.74. The number of hydrogen-bond acceptors (Lipinski definition) is 2. The van der Waals surface area contributed by atoms with Gasteiger partial charge in [-0.15, -0.1) is 0 Å². The molecule has 0 unspecified atom stereocenters. The number of hydrogen-bond donors (Lipinski definition) is 2. The maximum absolute atomic E-state index is 12.1. The summed E-state index contributed by atoms with van der Waals surface area (Å²) in [5, 5.41) is 3.96. The summed E-state index contributed by atoms with van der Waals surface area (Å²) in [7, 11) is 4.12. The maximum atomic E-state index is 12.1. The Bertz CT molecular complexity index is 545. The summed E-state index contributed by atoms with van der Waals surface area (Å²) < 4.78 is 0. The van der Waals surface area contributed by atoms with E-state index in [1.165, 1.54) is 0 Å². The molecule has 2 aromatic rings. The minimum absolute atomic E-state index is 0.00931. The van der Waals surface area contributed by atoms with Crippen LogP contribution in [0.1, 0.15) is 23.2 Å². The summed E-state index contributed by atoms with van der Waals surface area (Å²) in [4.78, 5) is 17.4. The molecule has 1 aromatic carbocycles. The smallest absolute Gasteiger partial charge is 0.251 e. The van der Waals surface area contributed by atoms with Crippen molar-refractivity contribution < 1.29 is 4.79 Å². The molecule has 4 heteroatoms. The summed E-state index contributed by atoms with van der Waals surface area (Å²) in [6.07, 6.45) is 3.97. The lowest BCUT2D eigenvalue weighted by molar-refractivity contribution is 0.0954. The van der Waals surface area contributed by atoms with E-state index in [0.717, 1.165) is 42.4 Å². The zero-order valence-electron chi connectivity index (χ0n) is 11.6. The predicted octanol–water partition coefficient (Wildman–Crippen LogP) is 2.24. The Balaban J connectivity index is 1.88. The minimum atomic E-state index is 0.00931. The zero-order valence-corrected chi connectivity index (χ0v) is 11.6. The number of unbranched alkanes of at least 4 members (excludes halogenated alkanes) is 1. The Morgan fingerprint density at radius 1 is 1.26 bits per heavy atom. The Morgan fingerprint density at radius 3 is 2.89 bits per heavy atom. The highest BCUT2D eigenvalue weighted by Gasteiger charge is 2.09. The summed E-state index contributed by atoms with van der Waals surface area (Å²) in [6, 6.07) is 7.69. The van der Waals surface area contributed by atoms with Crippen LogP contribution in [0, 0.1) is 0 Å². The number of benzene rings is 1. The first-order chi connectivity index (χ1) is 9.18. The first kappa shape index (κ1) is 13.6. The van der Waals surface area contributed by atoms with Gasteiger partial charge in [-0.2, -0.15) is 0 Å². The average molecular weight is 259 g/mol. The Morgan fingerprint density at radius 2 is 2.11 bits per heavy atom. The van der Waals surface area contributed by atoms with Crippen LogP contribution in [0.15, 0.2) is 30.5 Å². The van der Waals surface area contributed by atoms with Gasteiger partial charge in [-0.05, 0) is 51.7 Å². The number of rotatable bonds is 6. The lowest BCUT2D eigenvalue weighted by Gasteiger charge is -2.09. The lowest BCUT2D eigenvalue weighted by Crippen LogP contribution is -2.25. The van der Waals surface area contributed by atoms with Crippen molar-refractivity contribution in [2.24, 2.45) is 0 Å². The van der Waals surface area contributed by atoms with Gasteiger partial charge in [0.15, 0.2) is 0 Å². The molecule has 0 saturated carbocycles. The number of H-pyrrole nitrogens is 1. The number of aromatic nitrogens is 1. The molecule has 0 fully saturated rings. The molecule has 0 aliphatic heterocycles. The highest BCUT2D eigenvalue weighted by atomic mass is 16.1. The van der Waals surface area contributed by atoms with Crippen LogP contribution in [-0.4, -0.2) is 43.0 Å².